The molecule has 1 aliphatic rings. The number of nitrogens with zero attached hydrogens (tertiary/aromatic N) is 2. The maximum absolute atomic E-state index is 12.9. The Balaban J connectivity index is 1.78. The molecule has 0 fully saturated rings. The molecule has 2 atom stereocenters. The summed E-state index contributed by atoms with van der Waals surface area (Å²) in [5, 5.41) is 10.6. The molecule has 132 valence electrons. The first-order valence-corrected chi connectivity index (χ1v) is 8.43. The summed E-state index contributed by atoms with van der Waals surface area (Å²) in [6, 6.07) is 4.49. The summed E-state index contributed by atoms with van der Waals surface area (Å²) >= 11 is 0. The van der Waals surface area contributed by atoms with Crippen LogP contribution in [0.1, 0.15) is 12.5 Å². The predicted molar refractivity (Wildman–Crippen MR) is 98.9 cm³/mol. The molecule has 2 aromatic rings. The number of benzene rings is 1. The van der Waals surface area contributed by atoms with Crippen molar-refractivity contribution < 1.29 is 9.90 Å². The highest BCUT2D eigenvalue weighted by atomic mass is 16.3. The summed E-state index contributed by atoms with van der Waals surface area (Å²) in [7, 11) is 1.94. The second-order valence-electron chi connectivity index (χ2n) is 6.28. The molecule has 1 unspecified atom stereocenters. The van der Waals surface area contributed by atoms with Crippen molar-refractivity contribution in [2.45, 2.75) is 25.6 Å². The highest BCUT2D eigenvalue weighted by Gasteiger charge is 2.28. The van der Waals surface area contributed by atoms with Gasteiger partial charge in [0.05, 0.1) is 6.04 Å². The molecule has 6 nitrogen and oxygen atoms in total. The molecule has 1 aromatic carbocycles. The van der Waals surface area contributed by atoms with E-state index >= 15 is 0 Å². The normalized spacial score (nSPS) is 17.9. The molecule has 0 spiro atoms. The van der Waals surface area contributed by atoms with Crippen molar-refractivity contribution >= 4 is 16.8 Å². The van der Waals surface area contributed by atoms with Crippen molar-refractivity contribution in [2.75, 3.05) is 13.6 Å². The standard InChI is InChI=1S/C19H24N4O2/c1-3-23(18-6-4-5-9-22(18)2)19(25)16(20)10-13-12-21-17-8-7-14(24)11-15(13)17/h4-9,11-12,16,18,21,24H,3,10,20H2,1-2H3/t16-,18?/m0/s1. The van der Waals surface area contributed by atoms with Crippen LogP contribution in [-0.4, -0.2) is 51.6 Å². The summed E-state index contributed by atoms with van der Waals surface area (Å²) in [6.07, 6.45) is 9.94. The molecule has 0 saturated carbocycles. The lowest BCUT2D eigenvalue weighted by Crippen LogP contribution is -2.53. The van der Waals surface area contributed by atoms with Crippen molar-refractivity contribution in [3.8, 4) is 5.75 Å². The lowest BCUT2D eigenvalue weighted by molar-refractivity contribution is -0.136. The number of nitrogens with one attached hydrogen (secondary N) is 1. The van der Waals surface area contributed by atoms with Crippen LogP contribution >= 0.6 is 0 Å². The summed E-state index contributed by atoms with van der Waals surface area (Å²) in [6.45, 7) is 2.53. The number of rotatable bonds is 5. The van der Waals surface area contributed by atoms with E-state index in [-0.39, 0.29) is 17.8 Å². The SMILES string of the molecule is CCN(C(=O)[C@@H](N)Cc1c[nH]c2ccc(O)cc12)C1C=CC=CN1C. The number of aromatic amines is 1. The molecular formula is C19H24N4O2. The molecule has 4 N–H and O–H groups in total. The largest absolute Gasteiger partial charge is 0.508 e. The van der Waals surface area contributed by atoms with Crippen LogP contribution in [0, 0.1) is 0 Å². The summed E-state index contributed by atoms with van der Waals surface area (Å²) < 4.78 is 0. The molecule has 1 amide bonds. The Kier molecular flexibility index (Phi) is 4.81. The lowest BCUT2D eigenvalue weighted by atomic mass is 10.0. The van der Waals surface area contributed by atoms with Crippen molar-refractivity contribution in [3.63, 3.8) is 0 Å². The van der Waals surface area contributed by atoms with Crippen LogP contribution in [-0.2, 0) is 11.2 Å². The fraction of sp³-hybridized carbons (Fsp3) is 0.316. The molecule has 3 rings (SSSR count). The summed E-state index contributed by atoms with van der Waals surface area (Å²) in [5.41, 5.74) is 8.08. The van der Waals surface area contributed by atoms with E-state index < -0.39 is 6.04 Å². The Bertz CT molecular complexity index is 824. The maximum Gasteiger partial charge on any atom is 0.241 e. The first-order chi connectivity index (χ1) is 12.0. The molecule has 1 aliphatic heterocycles. The number of H-pyrrole nitrogens is 1. The minimum Gasteiger partial charge on any atom is -0.508 e. The smallest absolute Gasteiger partial charge is 0.241 e. The van der Waals surface area contributed by atoms with Crippen molar-refractivity contribution in [1.29, 1.82) is 0 Å². The van der Waals surface area contributed by atoms with Crippen LogP contribution in [0.2, 0.25) is 0 Å². The van der Waals surface area contributed by atoms with Gasteiger partial charge in [-0.05, 0) is 49.3 Å². The Hall–Kier alpha value is -2.73. The number of likely N-dealkylation sites (N-methyl/N-ethyl adjacent to an activating group) is 2. The van der Waals surface area contributed by atoms with E-state index in [0.717, 1.165) is 16.5 Å². The van der Waals surface area contributed by atoms with Gasteiger partial charge in [-0.15, -0.1) is 0 Å². The van der Waals surface area contributed by atoms with E-state index in [0.29, 0.717) is 13.0 Å². The molecule has 2 heterocycles. The van der Waals surface area contributed by atoms with Gasteiger partial charge in [0.1, 0.15) is 11.9 Å². The third-order valence-electron chi connectivity index (χ3n) is 4.58. The molecule has 25 heavy (non-hydrogen) atoms. The number of hydrogen-bond acceptors (Lipinski definition) is 4. The quantitative estimate of drug-likeness (QED) is 0.776. The van der Waals surface area contributed by atoms with Crippen molar-refractivity contribution in [3.05, 3.63) is 54.4 Å². The van der Waals surface area contributed by atoms with E-state index in [2.05, 4.69) is 4.98 Å². The number of carbonyl (C=O) groups excluding carboxylic acids is 1. The Morgan fingerprint density at radius 1 is 1.44 bits per heavy atom. The monoisotopic (exact) mass is 340 g/mol. The minimum atomic E-state index is -0.644. The van der Waals surface area contributed by atoms with E-state index in [9.17, 15) is 9.90 Å². The van der Waals surface area contributed by atoms with Crippen LogP contribution in [0.4, 0.5) is 0 Å². The zero-order chi connectivity index (χ0) is 18.0. The number of allylic oxidation sites excluding steroid dienone is 2. The molecule has 6 heteroatoms. The molecule has 0 aliphatic carbocycles. The molecular weight excluding hydrogens is 316 g/mol. The number of phenols is 1. The van der Waals surface area contributed by atoms with Gasteiger partial charge >= 0.3 is 0 Å². The van der Waals surface area contributed by atoms with Crippen LogP contribution in [0.5, 0.6) is 5.75 Å². The van der Waals surface area contributed by atoms with Gasteiger partial charge in [0, 0.05) is 36.9 Å². The zero-order valence-electron chi connectivity index (χ0n) is 14.5. The van der Waals surface area contributed by atoms with Gasteiger partial charge in [0.25, 0.3) is 0 Å². The first kappa shape index (κ1) is 17.1. The van der Waals surface area contributed by atoms with Gasteiger partial charge in [-0.3, -0.25) is 4.79 Å². The van der Waals surface area contributed by atoms with E-state index in [4.69, 9.17) is 5.73 Å². The van der Waals surface area contributed by atoms with Gasteiger partial charge in [0.15, 0.2) is 0 Å². The molecule has 1 aromatic heterocycles. The number of phenolic OH excluding ortho intramolecular Hbond substituents is 1. The maximum atomic E-state index is 12.9. The third kappa shape index (κ3) is 3.39. The number of aromatic hydroxyl groups is 1. The van der Waals surface area contributed by atoms with E-state index in [1.54, 1.807) is 17.0 Å². The van der Waals surface area contributed by atoms with Crippen LogP contribution < -0.4 is 5.73 Å². The molecule has 0 radical (unpaired) electrons. The van der Waals surface area contributed by atoms with Crippen LogP contribution in [0.3, 0.4) is 0 Å². The summed E-state index contributed by atoms with van der Waals surface area (Å²) in [5.74, 6) is 0.109. The topological polar surface area (TPSA) is 85.6 Å². The molecule has 0 bridgehead atoms. The Morgan fingerprint density at radius 3 is 2.96 bits per heavy atom. The Labute approximate surface area is 147 Å². The van der Waals surface area contributed by atoms with E-state index in [1.165, 1.54) is 0 Å². The van der Waals surface area contributed by atoms with Crippen LogP contribution in [0.15, 0.2) is 48.8 Å². The number of nitrogens with two attached hydrogens (primary N) is 1. The fourth-order valence-corrected chi connectivity index (χ4v) is 3.24. The summed E-state index contributed by atoms with van der Waals surface area (Å²) in [4.78, 5) is 19.8. The zero-order valence-corrected chi connectivity index (χ0v) is 14.5. The van der Waals surface area contributed by atoms with Gasteiger partial charge < -0.3 is 25.6 Å². The fourth-order valence-electron chi connectivity index (χ4n) is 3.24. The minimum absolute atomic E-state index is 0.0891. The van der Waals surface area contributed by atoms with Gasteiger partial charge in [-0.25, -0.2) is 0 Å². The number of aromatic nitrogens is 1. The van der Waals surface area contributed by atoms with Crippen molar-refractivity contribution in [1.82, 2.24) is 14.8 Å². The average Bonchev–Trinajstić information content (AvgIpc) is 2.99. The second-order valence-corrected chi connectivity index (χ2v) is 6.28. The molecule has 0 saturated heterocycles. The second kappa shape index (κ2) is 7.03. The number of fused-ring (bicyclic) bond motifs is 1. The van der Waals surface area contributed by atoms with Gasteiger partial charge in [0.2, 0.25) is 5.91 Å². The third-order valence-corrected chi connectivity index (χ3v) is 4.58. The predicted octanol–water partition coefficient (Wildman–Crippen LogP) is 1.93. The first-order valence-electron chi connectivity index (χ1n) is 8.43. The van der Waals surface area contributed by atoms with E-state index in [1.807, 2.05) is 55.6 Å². The van der Waals surface area contributed by atoms with Gasteiger partial charge in [-0.1, -0.05) is 6.08 Å². The van der Waals surface area contributed by atoms with Crippen molar-refractivity contribution in [2.24, 2.45) is 5.73 Å². The van der Waals surface area contributed by atoms with Crippen LogP contribution in [0.25, 0.3) is 10.9 Å². The Morgan fingerprint density at radius 2 is 2.24 bits per heavy atom. The highest BCUT2D eigenvalue weighted by molar-refractivity contribution is 5.87. The lowest BCUT2D eigenvalue weighted by Gasteiger charge is -2.37. The average molecular weight is 340 g/mol. The van der Waals surface area contributed by atoms with Gasteiger partial charge in [-0.2, -0.15) is 0 Å². The number of amides is 1. The number of hydrogen-bond donors (Lipinski definition) is 3. The highest BCUT2D eigenvalue weighted by Crippen LogP contribution is 2.24. The number of carbonyl (C=O) groups is 1.